The first-order valence-corrected chi connectivity index (χ1v) is 52.1. The molecule has 2 saturated carbocycles. The number of halogens is 9. The van der Waals surface area contributed by atoms with Gasteiger partial charge in [-0.1, -0.05) is 152 Å². The van der Waals surface area contributed by atoms with Crippen molar-refractivity contribution in [3.8, 4) is 0 Å². The molecule has 10 aliphatic rings. The Labute approximate surface area is 872 Å². The number of ketones is 5. The van der Waals surface area contributed by atoms with Crippen LogP contribution < -0.4 is 0 Å². The molecule has 6 unspecified atom stereocenters. The highest BCUT2D eigenvalue weighted by molar-refractivity contribution is 6.34. The van der Waals surface area contributed by atoms with Crippen LogP contribution in [0.5, 0.6) is 0 Å². The van der Waals surface area contributed by atoms with E-state index >= 15 is 0 Å². The zero-order chi connectivity index (χ0) is 103. The van der Waals surface area contributed by atoms with Gasteiger partial charge in [0.2, 0.25) is 0 Å². The smallest absolute Gasteiger partial charge is 0.322 e. The zero-order valence-electron chi connectivity index (χ0n) is 82.5. The number of hydrogen-bond acceptors (Lipinski definition) is 20. The van der Waals surface area contributed by atoms with Gasteiger partial charge in [-0.2, -0.15) is 62.1 Å². The van der Waals surface area contributed by atoms with Crippen molar-refractivity contribution in [2.75, 3.05) is 119 Å². The Bertz CT molecular complexity index is 6220. The van der Waals surface area contributed by atoms with Gasteiger partial charge in [-0.3, -0.25) is 48.5 Å². The molecule has 10 fully saturated rings. The van der Waals surface area contributed by atoms with Gasteiger partial charge in [-0.15, -0.1) is 0 Å². The van der Waals surface area contributed by atoms with Gasteiger partial charge in [-0.05, 0) is 227 Å². The molecule has 10 atom stereocenters. The number of carbonyl (C=O) groups is 10. The third kappa shape index (κ3) is 25.8. The Hall–Kier alpha value is -10.8. The fourth-order valence-electron chi connectivity index (χ4n) is 22.5. The number of rotatable bonds is 21. The molecule has 5 amide bonds. The van der Waals surface area contributed by atoms with Crippen molar-refractivity contribution < 1.29 is 61.1 Å². The summed E-state index contributed by atoms with van der Waals surface area (Å²) in [4.78, 5) is 143. The number of likely N-dealkylation sites (tertiary alicyclic amines) is 8. The van der Waals surface area contributed by atoms with E-state index < -0.39 is 11.7 Å². The molecule has 8 saturated heterocycles. The van der Waals surface area contributed by atoms with E-state index in [-0.39, 0.29) is 75.6 Å². The van der Waals surface area contributed by atoms with E-state index in [0.717, 1.165) is 191 Å². The fraction of sp³-hybridized carbons (Fsp3) is 0.481. The number of alkyl halides is 3. The van der Waals surface area contributed by atoms with Gasteiger partial charge in [0, 0.05) is 241 Å². The molecule has 10 aromatic rings. The predicted octanol–water partition coefficient (Wildman–Crippen LogP) is 19.7. The number of aromatic nitrogens is 10. The lowest BCUT2D eigenvalue weighted by Gasteiger charge is -2.26. The van der Waals surface area contributed by atoms with Crippen LogP contribution in [0.3, 0.4) is 0 Å². The summed E-state index contributed by atoms with van der Waals surface area (Å²) in [5, 5.41) is 25.2. The molecule has 39 heteroatoms. The van der Waals surface area contributed by atoms with Crippen molar-refractivity contribution in [3.63, 3.8) is 0 Å². The number of benzene rings is 5. The second-order valence-electron chi connectivity index (χ2n) is 40.5. The van der Waals surface area contributed by atoms with Crippen LogP contribution in [-0.2, 0) is 38.9 Å². The normalized spacial score (nSPS) is 22.6. The van der Waals surface area contributed by atoms with Gasteiger partial charge in [0.15, 0.2) is 28.9 Å². The van der Waals surface area contributed by atoms with E-state index in [1.807, 2.05) is 80.3 Å². The largest absolute Gasteiger partial charge is 0.416 e. The van der Waals surface area contributed by atoms with Crippen molar-refractivity contribution in [1.29, 1.82) is 0 Å². The molecule has 770 valence electrons. The van der Waals surface area contributed by atoms with Crippen LogP contribution in [0, 0.1) is 46.3 Å². The minimum Gasteiger partial charge on any atom is -0.322 e. The topological polar surface area (TPSA) is 292 Å². The highest BCUT2D eigenvalue weighted by Gasteiger charge is 2.50. The summed E-state index contributed by atoms with van der Waals surface area (Å²) >= 11 is 37.4. The van der Waals surface area contributed by atoms with E-state index in [9.17, 15) is 61.1 Å². The van der Waals surface area contributed by atoms with Crippen LogP contribution in [0.25, 0.3) is 0 Å². The van der Waals surface area contributed by atoms with Gasteiger partial charge >= 0.3 is 36.3 Å². The highest BCUT2D eigenvalue weighted by atomic mass is 35.5. The van der Waals surface area contributed by atoms with Crippen molar-refractivity contribution in [1.82, 2.24) is 97.9 Å². The van der Waals surface area contributed by atoms with Gasteiger partial charge in [0.1, 0.15) is 28.5 Å². The molecule has 0 radical (unpaired) electrons. The molecule has 0 bridgehead atoms. The maximum absolute atomic E-state index is 12.9. The summed E-state index contributed by atoms with van der Waals surface area (Å²) in [6.45, 7) is 24.6. The predicted molar refractivity (Wildman–Crippen MR) is 548 cm³/mol. The average molecular weight is 2110 g/mol. The van der Waals surface area contributed by atoms with Crippen LogP contribution in [0.15, 0.2) is 171 Å². The van der Waals surface area contributed by atoms with Crippen LogP contribution in [-0.4, -0.2) is 288 Å². The van der Waals surface area contributed by atoms with E-state index in [1.165, 1.54) is 54.7 Å². The molecular weight excluding hydrogens is 1980 g/mol. The third-order valence-electron chi connectivity index (χ3n) is 30.5. The van der Waals surface area contributed by atoms with E-state index in [4.69, 9.17) is 69.6 Å². The summed E-state index contributed by atoms with van der Waals surface area (Å²) in [5.41, 5.74) is 6.12. The summed E-state index contributed by atoms with van der Waals surface area (Å²) in [5.74, 6) is 2.56. The number of carbonyl (C=O) groups excluding carboxylic acids is 10. The minimum atomic E-state index is -4.34. The molecule has 5 aromatic heterocycles. The van der Waals surface area contributed by atoms with Crippen molar-refractivity contribution in [3.05, 3.63) is 262 Å². The van der Waals surface area contributed by atoms with Crippen molar-refractivity contribution in [2.24, 2.45) is 46.3 Å². The summed E-state index contributed by atoms with van der Waals surface area (Å²) in [7, 11) is 4.32. The van der Waals surface area contributed by atoms with E-state index in [0.29, 0.717) is 157 Å². The van der Waals surface area contributed by atoms with Crippen LogP contribution in [0.4, 0.5) is 37.1 Å². The quantitative estimate of drug-likeness (QED) is 0.0604. The Morgan fingerprint density at radius 3 is 1.03 bits per heavy atom. The summed E-state index contributed by atoms with van der Waals surface area (Å²) in [6.07, 6.45) is 13.2. The summed E-state index contributed by atoms with van der Waals surface area (Å²) < 4.78 is 45.2. The first kappa shape index (κ1) is 107. The Morgan fingerprint density at radius 2 is 0.676 bits per heavy atom. The van der Waals surface area contributed by atoms with Gasteiger partial charge in [-0.25, -0.2) is 24.0 Å². The lowest BCUT2D eigenvalue weighted by Crippen LogP contribution is -2.36. The van der Waals surface area contributed by atoms with Crippen LogP contribution in [0.2, 0.25) is 30.1 Å². The maximum Gasteiger partial charge on any atom is 0.416 e. The zero-order valence-corrected chi connectivity index (χ0v) is 87.1. The Morgan fingerprint density at radius 1 is 0.352 bits per heavy atom. The number of nitrogens with zero attached hydrogens (tertiary/aromatic N) is 20. The Balaban J connectivity index is 0.000000130. The first-order chi connectivity index (χ1) is 69.4. The second kappa shape index (κ2) is 46.7. The van der Waals surface area contributed by atoms with Crippen molar-refractivity contribution in [2.45, 2.75) is 163 Å². The van der Waals surface area contributed by atoms with Gasteiger partial charge < -0.3 is 24.5 Å². The molecule has 5 aromatic carbocycles. The van der Waals surface area contributed by atoms with Gasteiger partial charge in [0.05, 0.1) is 5.56 Å². The number of Topliss-reactive ketones (excluding diaryl/α,β-unsaturated/α-hetero) is 5. The molecule has 145 heavy (non-hydrogen) atoms. The fourth-order valence-corrected chi connectivity index (χ4v) is 23.6. The molecule has 8 aliphatic heterocycles. The van der Waals surface area contributed by atoms with Crippen LogP contribution in [0.1, 0.15) is 197 Å². The summed E-state index contributed by atoms with van der Waals surface area (Å²) in [6, 6.07) is 40.7. The first-order valence-electron chi connectivity index (χ1n) is 49.9. The molecule has 0 N–H and O–H groups in total. The number of amides is 5. The standard InChI is InChI=1S/2C22H27ClN4O2.C21H24Cl2N4O2.C21H23F3N4O2.C20H22Cl2N4O2/c2*1-3-21(28)20-8-9-27(24-20)22(29)26-13-16-10-18(11-17(16)14-26)25(2)12-15-6-4-5-7-19(15)23;1-2-19(28)18-5-8-27(24-18)20(29)26-10-7-21(14-26)6-9-25(13-21)12-15-11-16(22)3-4-17(15)23;1-15(29)18-5-8-28(25-18)19(30)27-10-7-20(14-27)6-9-26(13-20)12-16-3-2-4-17(11-16)21(22,23)24;1-2-19(27)18-5-6-26(23-18)20(28)25-11-14-9-24(10-15(14)12-25)8-13-7-16(21)3-4-17(13)22/h2*4-9,16-18H,3,10-14H2,1-2H3;3-5,8,11H,2,6-7,9-10,12-14H2,1H3;2-5,8,11H,6-7,9-10,12-14H2,1H3;3-7,14-15H,2,8-12H2,1H3/t2*16-,17+,18?;;;. The average Bonchev–Trinajstić information content (AvgIpc) is 1.66. The molecular formula is C106H123Cl6F3N20O10. The molecule has 30 nitrogen and oxygen atoms in total. The van der Waals surface area contributed by atoms with Crippen molar-refractivity contribution >= 4 is 129 Å². The monoisotopic (exact) mass is 2100 g/mol. The van der Waals surface area contributed by atoms with Crippen LogP contribution >= 0.6 is 69.6 Å². The molecule has 2 aliphatic carbocycles. The lowest BCUT2D eigenvalue weighted by molar-refractivity contribution is -0.137. The minimum absolute atomic E-state index is 0.0424. The van der Waals surface area contributed by atoms with E-state index in [1.54, 1.807) is 99.8 Å². The van der Waals surface area contributed by atoms with Gasteiger partial charge in [0.25, 0.3) is 0 Å². The third-order valence-corrected chi connectivity index (χ3v) is 32.4. The molecule has 20 rings (SSSR count). The lowest BCUT2D eigenvalue weighted by atomic mass is 9.86. The molecule has 2 spiro atoms. The molecule has 13 heterocycles. The number of fused-ring (bicyclic) bond motifs is 3. The number of hydrogen-bond donors (Lipinski definition) is 0. The van der Waals surface area contributed by atoms with E-state index in [2.05, 4.69) is 76.2 Å². The highest BCUT2D eigenvalue weighted by Crippen LogP contribution is 2.46. The maximum atomic E-state index is 12.9. The SMILES string of the molecule is CC(=O)c1ccn(C(=O)N2CCC3(CCN(Cc4cccc(C(F)(F)F)c4)C3)C2)n1.CCC(=O)c1ccn(C(=O)N2CC3CN(Cc4cc(Cl)ccc4Cl)CC3C2)n1.CCC(=O)c1ccn(C(=O)N2CCC3(CCN(Cc4cc(Cl)ccc4Cl)C3)C2)n1.CCC(=O)c1ccn(C(=O)N2C[C@H]3CC(N(C)Cc4ccccc4Cl)C[C@H]3C2)n1.CCC(=O)c1ccn(C(=O)N2C[C@H]3CC(N(C)Cc4ccccc4Cl)C[C@H]3C2)n1. The Kier molecular flexibility index (Phi) is 34.5. The second-order valence-corrected chi connectivity index (χ2v) is 43.0.